The van der Waals surface area contributed by atoms with Crippen LogP contribution in [0, 0.1) is 0 Å². The number of hydrogen-bond acceptors (Lipinski definition) is 1. The van der Waals surface area contributed by atoms with E-state index in [0.717, 1.165) is 6.42 Å². The first-order chi connectivity index (χ1) is 7.99. The molecule has 1 atom stereocenters. The Labute approximate surface area is 110 Å². The summed E-state index contributed by atoms with van der Waals surface area (Å²) in [6, 6.07) is 0. The molecule has 0 rings (SSSR count). The molecule has 0 N–H and O–H groups in total. The molecule has 0 aromatic carbocycles. The summed E-state index contributed by atoms with van der Waals surface area (Å²) < 4.78 is 6.20. The van der Waals surface area contributed by atoms with Gasteiger partial charge in [0, 0.05) is 0 Å². The highest BCUT2D eigenvalue weighted by molar-refractivity contribution is 6.69. The van der Waals surface area contributed by atoms with Gasteiger partial charge in [-0.05, 0) is 32.5 Å². The molecule has 0 bridgehead atoms. The van der Waals surface area contributed by atoms with E-state index < -0.39 is 8.32 Å². The zero-order valence-corrected chi connectivity index (χ0v) is 13.6. The van der Waals surface area contributed by atoms with Gasteiger partial charge < -0.3 is 4.43 Å². The van der Waals surface area contributed by atoms with Gasteiger partial charge in [0.2, 0.25) is 0 Å². The highest BCUT2D eigenvalue weighted by atomic mass is 28.4. The summed E-state index contributed by atoms with van der Waals surface area (Å²) in [6.45, 7) is 11.3. The Balaban J connectivity index is 3.90. The summed E-state index contributed by atoms with van der Waals surface area (Å²) in [4.78, 5) is 0. The van der Waals surface area contributed by atoms with Gasteiger partial charge in [-0.1, -0.05) is 58.1 Å². The summed E-state index contributed by atoms with van der Waals surface area (Å²) in [5, 5.41) is 0. The lowest BCUT2D eigenvalue weighted by Gasteiger charge is -2.24. The lowest BCUT2D eigenvalue weighted by molar-refractivity contribution is 0.226. The Morgan fingerprint density at radius 3 is 2.18 bits per heavy atom. The second-order valence-corrected chi connectivity index (χ2v) is 10.3. The van der Waals surface area contributed by atoms with Crippen LogP contribution >= 0.6 is 0 Å². The third kappa shape index (κ3) is 12.2. The van der Waals surface area contributed by atoms with Crippen molar-refractivity contribution < 1.29 is 4.43 Å². The molecule has 2 heteroatoms. The fraction of sp³-hybridized carbons (Fsp3) is 0.867. The van der Waals surface area contributed by atoms with Gasteiger partial charge in [-0.2, -0.15) is 0 Å². The molecule has 0 radical (unpaired) electrons. The fourth-order valence-electron chi connectivity index (χ4n) is 1.89. The molecule has 0 aliphatic rings. The topological polar surface area (TPSA) is 9.23 Å². The van der Waals surface area contributed by atoms with Gasteiger partial charge in [0.1, 0.15) is 0 Å². The second-order valence-electron chi connectivity index (χ2n) is 5.81. The zero-order valence-electron chi connectivity index (χ0n) is 12.6. The van der Waals surface area contributed by atoms with E-state index in [1.54, 1.807) is 0 Å². The molecule has 17 heavy (non-hydrogen) atoms. The van der Waals surface area contributed by atoms with E-state index in [1.165, 1.54) is 38.5 Å². The van der Waals surface area contributed by atoms with Gasteiger partial charge in [-0.3, -0.25) is 0 Å². The number of unbranched alkanes of at least 4 members (excludes halogenated alkanes) is 4. The van der Waals surface area contributed by atoms with Crippen molar-refractivity contribution in [3.8, 4) is 0 Å². The maximum Gasteiger partial charge on any atom is 0.184 e. The van der Waals surface area contributed by atoms with Crippen molar-refractivity contribution in [1.29, 1.82) is 0 Å². The zero-order chi connectivity index (χ0) is 13.1. The van der Waals surface area contributed by atoms with Crippen LogP contribution < -0.4 is 0 Å². The summed E-state index contributed by atoms with van der Waals surface area (Å²) in [6.07, 6.45) is 14.0. The SMILES string of the molecule is CCC=CC(CCCCCCC)O[Si](C)(C)C. The Morgan fingerprint density at radius 1 is 1.00 bits per heavy atom. The minimum atomic E-state index is -1.40. The maximum atomic E-state index is 6.20. The van der Waals surface area contributed by atoms with Crippen LogP contribution in [0.15, 0.2) is 12.2 Å². The molecular weight excluding hydrogens is 224 g/mol. The summed E-state index contributed by atoms with van der Waals surface area (Å²) >= 11 is 0. The maximum absolute atomic E-state index is 6.20. The largest absolute Gasteiger partial charge is 0.411 e. The van der Waals surface area contributed by atoms with Gasteiger partial charge in [0.25, 0.3) is 0 Å². The summed E-state index contributed by atoms with van der Waals surface area (Å²) in [5.41, 5.74) is 0. The molecular formula is C15H32OSi. The molecule has 0 heterocycles. The minimum absolute atomic E-state index is 0.364. The molecule has 0 fully saturated rings. The standard InChI is InChI=1S/C15H32OSi/c1-6-8-10-11-12-14-15(13-9-7-2)16-17(3,4)5/h9,13,15H,6-8,10-12,14H2,1-5H3. The third-order valence-electron chi connectivity index (χ3n) is 2.68. The van der Waals surface area contributed by atoms with Crippen molar-refractivity contribution >= 4 is 8.32 Å². The molecule has 0 aromatic rings. The summed E-state index contributed by atoms with van der Waals surface area (Å²) in [7, 11) is -1.40. The van der Waals surface area contributed by atoms with Crippen LogP contribution in [0.2, 0.25) is 19.6 Å². The predicted molar refractivity (Wildman–Crippen MR) is 81.0 cm³/mol. The fourth-order valence-corrected chi connectivity index (χ4v) is 2.99. The lowest BCUT2D eigenvalue weighted by atomic mass is 10.1. The third-order valence-corrected chi connectivity index (χ3v) is 3.69. The van der Waals surface area contributed by atoms with Crippen molar-refractivity contribution in [1.82, 2.24) is 0 Å². The molecule has 0 aliphatic carbocycles. The molecule has 0 amide bonds. The van der Waals surface area contributed by atoms with E-state index in [1.807, 2.05) is 0 Å². The van der Waals surface area contributed by atoms with Crippen LogP contribution in [-0.2, 0) is 4.43 Å². The van der Waals surface area contributed by atoms with Crippen LogP contribution in [0.4, 0.5) is 0 Å². The van der Waals surface area contributed by atoms with Gasteiger partial charge in [-0.15, -0.1) is 0 Å². The predicted octanol–water partition coefficient (Wildman–Crippen LogP) is 5.53. The second kappa shape index (κ2) is 9.90. The van der Waals surface area contributed by atoms with Gasteiger partial charge >= 0.3 is 0 Å². The molecule has 0 aliphatic heterocycles. The van der Waals surface area contributed by atoms with E-state index >= 15 is 0 Å². The summed E-state index contributed by atoms with van der Waals surface area (Å²) in [5.74, 6) is 0. The van der Waals surface area contributed by atoms with E-state index in [-0.39, 0.29) is 0 Å². The number of allylic oxidation sites excluding steroid dienone is 1. The van der Waals surface area contributed by atoms with Crippen molar-refractivity contribution in [3.05, 3.63) is 12.2 Å². The van der Waals surface area contributed by atoms with Gasteiger partial charge in [0.15, 0.2) is 8.32 Å². The average molecular weight is 257 g/mol. The molecule has 1 unspecified atom stereocenters. The van der Waals surface area contributed by atoms with E-state index in [0.29, 0.717) is 6.10 Å². The van der Waals surface area contributed by atoms with Crippen molar-refractivity contribution in [2.45, 2.75) is 84.5 Å². The Kier molecular flexibility index (Phi) is 9.85. The molecule has 0 saturated heterocycles. The Hall–Kier alpha value is -0.0831. The van der Waals surface area contributed by atoms with Crippen LogP contribution in [0.25, 0.3) is 0 Å². The van der Waals surface area contributed by atoms with E-state index in [4.69, 9.17) is 4.43 Å². The van der Waals surface area contributed by atoms with Crippen LogP contribution in [-0.4, -0.2) is 14.4 Å². The quantitative estimate of drug-likeness (QED) is 0.283. The van der Waals surface area contributed by atoms with Crippen LogP contribution in [0.5, 0.6) is 0 Å². The van der Waals surface area contributed by atoms with Crippen molar-refractivity contribution in [2.24, 2.45) is 0 Å². The first kappa shape index (κ1) is 16.9. The molecule has 0 spiro atoms. The first-order valence-corrected chi connectivity index (χ1v) is 10.7. The van der Waals surface area contributed by atoms with Crippen molar-refractivity contribution in [3.63, 3.8) is 0 Å². The molecule has 1 nitrogen and oxygen atoms in total. The van der Waals surface area contributed by atoms with Gasteiger partial charge in [0.05, 0.1) is 6.10 Å². The molecule has 0 saturated carbocycles. The minimum Gasteiger partial charge on any atom is -0.411 e. The monoisotopic (exact) mass is 256 g/mol. The number of hydrogen-bond donors (Lipinski definition) is 0. The van der Waals surface area contributed by atoms with Crippen LogP contribution in [0.3, 0.4) is 0 Å². The normalized spacial score (nSPS) is 14.4. The van der Waals surface area contributed by atoms with Crippen LogP contribution in [0.1, 0.15) is 58.8 Å². The Bertz CT molecular complexity index is 194. The van der Waals surface area contributed by atoms with E-state index in [9.17, 15) is 0 Å². The lowest BCUT2D eigenvalue weighted by Crippen LogP contribution is -2.31. The smallest absolute Gasteiger partial charge is 0.184 e. The number of rotatable bonds is 10. The Morgan fingerprint density at radius 2 is 1.65 bits per heavy atom. The molecule has 102 valence electrons. The van der Waals surface area contributed by atoms with Crippen molar-refractivity contribution in [2.75, 3.05) is 0 Å². The van der Waals surface area contributed by atoms with Gasteiger partial charge in [-0.25, -0.2) is 0 Å². The average Bonchev–Trinajstić information content (AvgIpc) is 2.23. The first-order valence-electron chi connectivity index (χ1n) is 7.34. The van der Waals surface area contributed by atoms with E-state index in [2.05, 4.69) is 45.6 Å². The highest BCUT2D eigenvalue weighted by Crippen LogP contribution is 2.15. The highest BCUT2D eigenvalue weighted by Gasteiger charge is 2.18. The molecule has 0 aromatic heterocycles.